The van der Waals surface area contributed by atoms with Gasteiger partial charge < -0.3 is 25.0 Å². The van der Waals surface area contributed by atoms with Gasteiger partial charge in [0.25, 0.3) is 0 Å². The summed E-state index contributed by atoms with van der Waals surface area (Å²) in [5.41, 5.74) is 0. The van der Waals surface area contributed by atoms with Crippen LogP contribution in [0.25, 0.3) is 0 Å². The minimum atomic E-state index is -5.05. The minimum Gasteiger partial charge on any atom is -0.412 e. The van der Waals surface area contributed by atoms with Gasteiger partial charge in [0.05, 0.1) is 0 Å². The first kappa shape index (κ1) is 17.8. The van der Waals surface area contributed by atoms with Crippen molar-refractivity contribution in [1.82, 2.24) is 0 Å². The molecule has 0 spiro atoms. The van der Waals surface area contributed by atoms with Gasteiger partial charge in [0.1, 0.15) is 0 Å². The van der Waals surface area contributed by atoms with Crippen molar-refractivity contribution in [3.05, 3.63) is 0 Å². The SMILES string of the molecule is O.O=P(O)(O)OP(=O)(O)O.[Zn]. The Kier molecular flexibility index (Phi) is 8.87. The fourth-order valence-corrected chi connectivity index (χ4v) is 1.25. The molecule has 11 heteroatoms. The molecule has 0 unspecified atom stereocenters. The van der Waals surface area contributed by atoms with E-state index < -0.39 is 15.6 Å². The van der Waals surface area contributed by atoms with E-state index in [1.165, 1.54) is 0 Å². The maximum Gasteiger partial charge on any atom is 0.478 e. The van der Waals surface area contributed by atoms with Crippen LogP contribution in [0.3, 0.4) is 0 Å². The molecule has 0 saturated carbocycles. The van der Waals surface area contributed by atoms with Crippen molar-refractivity contribution >= 4 is 15.6 Å². The molecule has 6 N–H and O–H groups in total. The minimum absolute atomic E-state index is 0. The Morgan fingerprint density at radius 3 is 1.09 bits per heavy atom. The zero-order valence-electron chi connectivity index (χ0n) is 5.12. The van der Waals surface area contributed by atoms with Crippen LogP contribution in [0.1, 0.15) is 0 Å². The summed E-state index contributed by atoms with van der Waals surface area (Å²) in [5, 5.41) is 0. The average Bonchev–Trinajstić information content (AvgIpc) is 1.14. The number of hydrogen-bond acceptors (Lipinski definition) is 3. The third-order valence-corrected chi connectivity index (χ3v) is 1.91. The Morgan fingerprint density at radius 2 is 1.09 bits per heavy atom. The molecule has 0 atom stereocenters. The van der Waals surface area contributed by atoms with Gasteiger partial charge in [0, 0.05) is 19.5 Å². The second-order valence-corrected chi connectivity index (χ2v) is 3.68. The van der Waals surface area contributed by atoms with Crippen LogP contribution >= 0.6 is 15.6 Å². The van der Waals surface area contributed by atoms with Crippen molar-refractivity contribution in [1.29, 1.82) is 0 Å². The van der Waals surface area contributed by atoms with Gasteiger partial charge in [-0.05, 0) is 0 Å². The van der Waals surface area contributed by atoms with E-state index in [0.717, 1.165) is 0 Å². The summed E-state index contributed by atoms with van der Waals surface area (Å²) in [6.45, 7) is 0. The molecule has 11 heavy (non-hydrogen) atoms. The van der Waals surface area contributed by atoms with E-state index in [4.69, 9.17) is 19.6 Å². The normalized spacial score (nSPS) is 11.3. The molecule has 0 radical (unpaired) electrons. The van der Waals surface area contributed by atoms with Crippen molar-refractivity contribution in [3.8, 4) is 0 Å². The Labute approximate surface area is 74.1 Å². The van der Waals surface area contributed by atoms with Crippen LogP contribution in [-0.4, -0.2) is 25.0 Å². The van der Waals surface area contributed by atoms with Gasteiger partial charge in [0.2, 0.25) is 0 Å². The molecular formula is H6O8P2Zn. The molecule has 66 valence electrons. The van der Waals surface area contributed by atoms with E-state index in [1.807, 2.05) is 0 Å². The van der Waals surface area contributed by atoms with Gasteiger partial charge in [-0.25, -0.2) is 9.13 Å². The molecule has 0 aliphatic carbocycles. The van der Waals surface area contributed by atoms with Gasteiger partial charge >= 0.3 is 15.6 Å². The van der Waals surface area contributed by atoms with Crippen molar-refractivity contribution in [3.63, 3.8) is 0 Å². The van der Waals surface area contributed by atoms with Gasteiger partial charge in [-0.3, -0.25) is 0 Å². The third-order valence-electron chi connectivity index (χ3n) is 0.213. The Hall–Kier alpha value is 0.843. The zero-order valence-corrected chi connectivity index (χ0v) is 9.87. The second-order valence-electron chi connectivity index (χ2n) is 1.06. The Bertz CT molecular complexity index is 153. The second kappa shape index (κ2) is 5.48. The molecule has 0 aromatic heterocycles. The average molecular weight is 261 g/mol. The Morgan fingerprint density at radius 1 is 0.909 bits per heavy atom. The molecule has 0 bridgehead atoms. The predicted molar refractivity (Wildman–Crippen MR) is 28.8 cm³/mol. The zero-order chi connectivity index (χ0) is 7.71. The van der Waals surface area contributed by atoms with Crippen molar-refractivity contribution < 1.29 is 58.0 Å². The molecule has 0 aromatic rings. The van der Waals surface area contributed by atoms with Crippen molar-refractivity contribution in [2.45, 2.75) is 0 Å². The maximum atomic E-state index is 9.63. The summed E-state index contributed by atoms with van der Waals surface area (Å²) in [5.74, 6) is 0. The van der Waals surface area contributed by atoms with Gasteiger partial charge in [0.15, 0.2) is 0 Å². The number of rotatable bonds is 2. The van der Waals surface area contributed by atoms with E-state index in [0.29, 0.717) is 0 Å². The summed E-state index contributed by atoms with van der Waals surface area (Å²) >= 11 is 0. The van der Waals surface area contributed by atoms with Crippen LogP contribution < -0.4 is 0 Å². The predicted octanol–water partition coefficient (Wildman–Crippen LogP) is -1.64. The topological polar surface area (TPSA) is 156 Å². The van der Waals surface area contributed by atoms with E-state index in [2.05, 4.69) is 4.31 Å². The van der Waals surface area contributed by atoms with Gasteiger partial charge in [-0.1, -0.05) is 0 Å². The van der Waals surface area contributed by atoms with Gasteiger partial charge in [-0.15, -0.1) is 0 Å². The first-order valence-corrected chi connectivity index (χ1v) is 4.59. The largest absolute Gasteiger partial charge is 0.478 e. The summed E-state index contributed by atoms with van der Waals surface area (Å²) in [6.07, 6.45) is 0. The first-order valence-electron chi connectivity index (χ1n) is 1.53. The molecule has 0 aliphatic heterocycles. The maximum absolute atomic E-state index is 9.63. The smallest absolute Gasteiger partial charge is 0.412 e. The molecule has 8 nitrogen and oxygen atoms in total. The van der Waals surface area contributed by atoms with E-state index in [9.17, 15) is 9.13 Å². The molecule has 0 fully saturated rings. The quantitative estimate of drug-likeness (QED) is 0.343. The van der Waals surface area contributed by atoms with Crippen molar-refractivity contribution in [2.24, 2.45) is 0 Å². The van der Waals surface area contributed by atoms with E-state index >= 15 is 0 Å². The summed E-state index contributed by atoms with van der Waals surface area (Å²) in [7, 11) is -10.1. The molecule has 0 aromatic carbocycles. The summed E-state index contributed by atoms with van der Waals surface area (Å²) in [4.78, 5) is 31.0. The monoisotopic (exact) mass is 260 g/mol. The van der Waals surface area contributed by atoms with Crippen LogP contribution in [0.5, 0.6) is 0 Å². The van der Waals surface area contributed by atoms with E-state index in [1.54, 1.807) is 0 Å². The fourth-order valence-electron chi connectivity index (χ4n) is 0.139. The van der Waals surface area contributed by atoms with Gasteiger partial charge in [-0.2, -0.15) is 4.31 Å². The van der Waals surface area contributed by atoms with Crippen LogP contribution in [0, 0.1) is 0 Å². The van der Waals surface area contributed by atoms with Crippen molar-refractivity contribution in [2.75, 3.05) is 0 Å². The standard InChI is InChI=1S/H4O7P2.H2O.Zn/c1-8(2,3)7-9(4,5)6;;/h(H2,1,2,3)(H2,4,5,6);1H2;. The third kappa shape index (κ3) is 18.1. The number of phosphoric acid groups is 2. The first-order chi connectivity index (χ1) is 3.71. The number of hydrogen-bond donors (Lipinski definition) is 4. The molecule has 0 aliphatic rings. The van der Waals surface area contributed by atoms with Crippen LogP contribution in [0.15, 0.2) is 0 Å². The summed E-state index contributed by atoms with van der Waals surface area (Å²) in [6, 6.07) is 0. The molecule has 0 heterocycles. The van der Waals surface area contributed by atoms with Crippen LogP contribution in [0.4, 0.5) is 0 Å². The van der Waals surface area contributed by atoms with Crippen LogP contribution in [0.2, 0.25) is 0 Å². The Balaban J connectivity index is -0.000000320. The van der Waals surface area contributed by atoms with Crippen LogP contribution in [-0.2, 0) is 32.9 Å². The molecular weight excluding hydrogens is 255 g/mol. The molecule has 0 rings (SSSR count). The molecule has 0 saturated heterocycles. The van der Waals surface area contributed by atoms with E-state index in [-0.39, 0.29) is 25.0 Å². The summed E-state index contributed by atoms with van der Waals surface area (Å²) < 4.78 is 22.2. The molecule has 0 amide bonds. The fraction of sp³-hybridized carbons (Fsp3) is 0.